The number of aromatic hydroxyl groups is 1. The molecule has 0 bridgehead atoms. The van der Waals surface area contributed by atoms with Gasteiger partial charge in [0, 0.05) is 25.2 Å². The van der Waals surface area contributed by atoms with Crippen LogP contribution in [0.1, 0.15) is 43.0 Å². The normalized spacial score (nSPS) is 23.2. The maximum Gasteiger partial charge on any atom is 0.347 e. The largest absolute Gasteiger partial charge is 0.505 e. The smallest absolute Gasteiger partial charge is 0.347 e. The van der Waals surface area contributed by atoms with E-state index in [1.807, 2.05) is 0 Å². The van der Waals surface area contributed by atoms with E-state index in [9.17, 15) is 27.7 Å². The summed E-state index contributed by atoms with van der Waals surface area (Å²) >= 11 is 3.02. The predicted molar refractivity (Wildman–Crippen MR) is 125 cm³/mol. The quantitative estimate of drug-likeness (QED) is 0.319. The number of halogens is 3. The van der Waals surface area contributed by atoms with Gasteiger partial charge in [0.05, 0.1) is 19.6 Å². The molecular formula is C23H27ClF2O9S. The summed E-state index contributed by atoms with van der Waals surface area (Å²) in [6.45, 7) is 2.20. The zero-order chi connectivity index (χ0) is 26.4. The number of ether oxygens (including phenoxy) is 4. The van der Waals surface area contributed by atoms with Crippen LogP contribution in [0.25, 0.3) is 0 Å². The van der Waals surface area contributed by atoms with E-state index in [0.717, 1.165) is 18.9 Å². The van der Waals surface area contributed by atoms with Crippen molar-refractivity contribution in [3.05, 3.63) is 28.5 Å². The van der Waals surface area contributed by atoms with Crippen LogP contribution in [0.5, 0.6) is 17.2 Å². The zero-order valence-corrected chi connectivity index (χ0v) is 21.2. The highest BCUT2D eigenvalue weighted by molar-refractivity contribution is 7.80. The first-order valence-electron chi connectivity index (χ1n) is 11.2. The molecule has 1 aromatic rings. The van der Waals surface area contributed by atoms with Gasteiger partial charge in [0.15, 0.2) is 29.4 Å². The summed E-state index contributed by atoms with van der Waals surface area (Å²) in [6.07, 6.45) is 3.49. The second kappa shape index (κ2) is 12.8. The topological polar surface area (TPSA) is 118 Å². The van der Waals surface area contributed by atoms with Crippen LogP contribution in [0.15, 0.2) is 17.9 Å². The first-order chi connectivity index (χ1) is 17.1. The first-order valence-corrected chi connectivity index (χ1v) is 12.8. The number of alkyl halides is 2. The van der Waals surface area contributed by atoms with Crippen LogP contribution < -0.4 is 8.92 Å². The number of carbonyl (C=O) groups is 2. The Morgan fingerprint density at radius 3 is 2.69 bits per heavy atom. The van der Waals surface area contributed by atoms with E-state index in [2.05, 4.69) is 0 Å². The summed E-state index contributed by atoms with van der Waals surface area (Å²) < 4.78 is 63.8. The average Bonchev–Trinajstić information content (AvgIpc) is 2.84. The van der Waals surface area contributed by atoms with Gasteiger partial charge in [-0.1, -0.05) is 18.5 Å². The maximum absolute atomic E-state index is 13.6. The van der Waals surface area contributed by atoms with Crippen molar-refractivity contribution in [2.45, 2.75) is 44.7 Å². The lowest BCUT2D eigenvalue weighted by atomic mass is 9.78. The highest BCUT2D eigenvalue weighted by Crippen LogP contribution is 2.45. The monoisotopic (exact) mass is 552 g/mol. The predicted octanol–water partition coefficient (Wildman–Crippen LogP) is 4.17. The first kappa shape index (κ1) is 28.3. The molecule has 3 rings (SSSR count). The van der Waals surface area contributed by atoms with Crippen molar-refractivity contribution in [2.75, 3.05) is 26.9 Å². The van der Waals surface area contributed by atoms with E-state index >= 15 is 0 Å². The zero-order valence-electron chi connectivity index (χ0n) is 19.7. The molecule has 1 saturated heterocycles. The van der Waals surface area contributed by atoms with E-state index in [-0.39, 0.29) is 42.5 Å². The van der Waals surface area contributed by atoms with Gasteiger partial charge in [0.25, 0.3) is 11.1 Å². The Bertz CT molecular complexity index is 1030. The molecule has 2 aliphatic rings. The van der Waals surface area contributed by atoms with Crippen molar-refractivity contribution >= 4 is 34.2 Å². The molecule has 0 amide bonds. The van der Waals surface area contributed by atoms with Crippen LogP contribution in [0.4, 0.5) is 8.78 Å². The second-order valence-electron chi connectivity index (χ2n) is 8.27. The van der Waals surface area contributed by atoms with Crippen molar-refractivity contribution < 1.29 is 50.8 Å². The Morgan fingerprint density at radius 2 is 2.06 bits per heavy atom. The van der Waals surface area contributed by atoms with E-state index in [4.69, 9.17) is 34.7 Å². The summed E-state index contributed by atoms with van der Waals surface area (Å²) in [5.41, 5.74) is -0.363. The minimum Gasteiger partial charge on any atom is -0.505 e. The van der Waals surface area contributed by atoms with Gasteiger partial charge in [-0.15, -0.1) is 0 Å². The van der Waals surface area contributed by atoms with Crippen molar-refractivity contribution in [1.29, 1.82) is 0 Å². The fraction of sp³-hybridized carbons (Fsp3) is 0.565. The minimum absolute atomic E-state index is 0.0540. The van der Waals surface area contributed by atoms with Crippen LogP contribution in [0, 0.1) is 11.8 Å². The van der Waals surface area contributed by atoms with Crippen molar-refractivity contribution in [1.82, 2.24) is 0 Å². The molecule has 0 radical (unpaired) electrons. The van der Waals surface area contributed by atoms with Gasteiger partial charge in [-0.2, -0.15) is 8.78 Å². The van der Waals surface area contributed by atoms with Crippen LogP contribution in [-0.4, -0.2) is 59.9 Å². The Hall–Kier alpha value is -2.28. The third-order valence-corrected chi connectivity index (χ3v) is 6.74. The molecule has 1 heterocycles. The number of allylic oxidation sites excluding steroid dienone is 2. The molecule has 0 saturated carbocycles. The average molecular weight is 553 g/mol. The number of benzene rings is 1. The van der Waals surface area contributed by atoms with Gasteiger partial charge >= 0.3 is 5.76 Å². The lowest BCUT2D eigenvalue weighted by molar-refractivity contribution is -0.165. The van der Waals surface area contributed by atoms with E-state index < -0.39 is 57.3 Å². The number of hydrogen-bond acceptors (Lipinski definition) is 9. The van der Waals surface area contributed by atoms with Crippen LogP contribution in [-0.2, 0) is 30.1 Å². The number of phenols is 1. The molecule has 1 N–H and O–H groups in total. The minimum atomic E-state index is -3.34. The number of Topliss-reactive ketones (excluding diaryl/α,β-unsaturated/α-hetero) is 1. The summed E-state index contributed by atoms with van der Waals surface area (Å²) in [5, 5.41) is 10.2. The summed E-state index contributed by atoms with van der Waals surface area (Å²) in [5.74, 6) is -7.19. The molecule has 13 heteroatoms. The molecule has 0 aromatic heterocycles. The fourth-order valence-electron chi connectivity index (χ4n) is 4.06. The van der Waals surface area contributed by atoms with Crippen molar-refractivity contribution in [3.8, 4) is 17.2 Å². The molecule has 1 aromatic carbocycles. The number of methoxy groups -OCH3 is 1. The number of carbonyl (C=O) groups excluding carboxylic acids is 2. The lowest BCUT2D eigenvalue weighted by Gasteiger charge is -2.28. The standard InChI is InChI=1S/C23H27ClF2O9S/c1-12-9-13(27)10-14(31-2)18(12)21(28)19-15(32-7-8-34-17-5-3-4-6-33-17)11-16(20(24)22(19)29)35-36(30)23(25)26/h10-12,17-18,23,29H,3-9H2,1-2H3/t12-,17?,18?,36?/m1/s1. The molecule has 0 spiro atoms. The van der Waals surface area contributed by atoms with Gasteiger partial charge in [-0.25, -0.2) is 4.21 Å². The molecule has 3 unspecified atom stereocenters. The summed E-state index contributed by atoms with van der Waals surface area (Å²) in [4.78, 5) is 25.5. The third-order valence-electron chi connectivity index (χ3n) is 5.74. The number of phenolic OH excluding ortho intramolecular Hbond substituents is 1. The molecular weight excluding hydrogens is 526 g/mol. The molecule has 1 fully saturated rings. The van der Waals surface area contributed by atoms with Crippen LogP contribution >= 0.6 is 11.6 Å². The van der Waals surface area contributed by atoms with Gasteiger partial charge < -0.3 is 28.2 Å². The van der Waals surface area contributed by atoms with Crippen LogP contribution in [0.2, 0.25) is 5.02 Å². The van der Waals surface area contributed by atoms with E-state index in [1.54, 1.807) is 6.92 Å². The number of rotatable bonds is 11. The van der Waals surface area contributed by atoms with Gasteiger partial charge in [0.1, 0.15) is 28.7 Å². The molecule has 4 atom stereocenters. The van der Waals surface area contributed by atoms with Crippen molar-refractivity contribution in [2.24, 2.45) is 11.8 Å². The summed E-state index contributed by atoms with van der Waals surface area (Å²) in [6, 6.07) is 1.00. The third kappa shape index (κ3) is 6.72. The Kier molecular flexibility index (Phi) is 10.1. The molecule has 36 heavy (non-hydrogen) atoms. The maximum atomic E-state index is 13.6. The highest BCUT2D eigenvalue weighted by Gasteiger charge is 2.39. The Morgan fingerprint density at radius 1 is 1.31 bits per heavy atom. The fourth-order valence-corrected chi connectivity index (χ4v) is 4.68. The van der Waals surface area contributed by atoms with Crippen LogP contribution in [0.3, 0.4) is 0 Å². The molecule has 1 aliphatic carbocycles. The highest BCUT2D eigenvalue weighted by atomic mass is 35.5. The Labute approximate surface area is 214 Å². The SMILES string of the molecule is COC1=CC(=O)C[C@@H](C)C1C(=O)c1c(OCCOC2CCCCO2)cc(OS(=O)C(F)F)c(Cl)c1O. The molecule has 1 aliphatic heterocycles. The molecule has 9 nitrogen and oxygen atoms in total. The lowest BCUT2D eigenvalue weighted by Crippen LogP contribution is -2.31. The van der Waals surface area contributed by atoms with Crippen molar-refractivity contribution in [3.63, 3.8) is 0 Å². The van der Waals surface area contributed by atoms with Gasteiger partial charge in [-0.05, 0) is 25.2 Å². The van der Waals surface area contributed by atoms with Gasteiger partial charge in [-0.3, -0.25) is 9.59 Å². The number of hydrogen-bond donors (Lipinski definition) is 1. The molecule has 200 valence electrons. The summed E-state index contributed by atoms with van der Waals surface area (Å²) in [7, 11) is 1.31. The van der Waals surface area contributed by atoms with E-state index in [0.29, 0.717) is 13.0 Å². The second-order valence-corrected chi connectivity index (χ2v) is 9.69. The Balaban J connectivity index is 1.92. The number of ketones is 2. The van der Waals surface area contributed by atoms with E-state index in [1.165, 1.54) is 13.2 Å². The van der Waals surface area contributed by atoms with Gasteiger partial charge in [0.2, 0.25) is 0 Å².